The van der Waals surface area contributed by atoms with E-state index in [9.17, 15) is 4.79 Å². The first-order valence-electron chi connectivity index (χ1n) is 4.59. The van der Waals surface area contributed by atoms with Crippen molar-refractivity contribution < 1.29 is 9.53 Å². The average molecular weight is 168 g/mol. The van der Waals surface area contributed by atoms with E-state index in [4.69, 9.17) is 4.74 Å². The number of rotatable bonds is 3. The van der Waals surface area contributed by atoms with Gasteiger partial charge in [-0.15, -0.1) is 0 Å². The van der Waals surface area contributed by atoms with Crippen LogP contribution in [-0.4, -0.2) is 12.6 Å². The number of hydrogen-bond donors (Lipinski definition) is 0. The third kappa shape index (κ3) is 3.56. The van der Waals surface area contributed by atoms with Crippen molar-refractivity contribution >= 4 is 5.97 Å². The van der Waals surface area contributed by atoms with Gasteiger partial charge in [-0.3, -0.25) is 4.79 Å². The number of carbonyl (C=O) groups excluding carboxylic acids is 1. The smallest absolute Gasteiger partial charge is 0.302 e. The highest BCUT2D eigenvalue weighted by molar-refractivity contribution is 5.65. The topological polar surface area (TPSA) is 26.3 Å². The lowest BCUT2D eigenvalue weighted by Gasteiger charge is -2.00. The van der Waals surface area contributed by atoms with Crippen molar-refractivity contribution in [3.05, 3.63) is 12.2 Å². The van der Waals surface area contributed by atoms with E-state index in [1.165, 1.54) is 32.6 Å². The molecule has 1 aliphatic rings. The van der Waals surface area contributed by atoms with Gasteiger partial charge in [0, 0.05) is 6.92 Å². The van der Waals surface area contributed by atoms with Crippen molar-refractivity contribution in [2.24, 2.45) is 5.92 Å². The highest BCUT2D eigenvalue weighted by Gasteiger charge is 2.10. The monoisotopic (exact) mass is 168 g/mol. The second-order valence-corrected chi connectivity index (χ2v) is 3.28. The Balaban J connectivity index is 2.08. The molecule has 1 rings (SSSR count). The summed E-state index contributed by atoms with van der Waals surface area (Å²) >= 11 is 0. The summed E-state index contributed by atoms with van der Waals surface area (Å²) in [5, 5.41) is 0. The van der Waals surface area contributed by atoms with Crippen molar-refractivity contribution in [2.45, 2.75) is 32.6 Å². The van der Waals surface area contributed by atoms with E-state index in [1.54, 1.807) is 0 Å². The van der Waals surface area contributed by atoms with Crippen LogP contribution in [0, 0.1) is 5.92 Å². The Morgan fingerprint density at radius 3 is 2.75 bits per heavy atom. The predicted molar refractivity (Wildman–Crippen MR) is 47.7 cm³/mol. The second kappa shape index (κ2) is 4.96. The fourth-order valence-corrected chi connectivity index (χ4v) is 1.56. The van der Waals surface area contributed by atoms with E-state index in [-0.39, 0.29) is 5.97 Å². The van der Waals surface area contributed by atoms with E-state index in [1.807, 2.05) is 6.08 Å². The number of hydrogen-bond acceptors (Lipinski definition) is 2. The zero-order valence-corrected chi connectivity index (χ0v) is 7.58. The molecular formula is C10H16O2. The minimum Gasteiger partial charge on any atom is -0.462 e. The molecule has 1 saturated carbocycles. The van der Waals surface area contributed by atoms with Crippen molar-refractivity contribution in [3.63, 3.8) is 0 Å². The van der Waals surface area contributed by atoms with Gasteiger partial charge in [-0.1, -0.05) is 25.0 Å². The minimum absolute atomic E-state index is 0.203. The zero-order valence-electron chi connectivity index (χ0n) is 7.58. The molecule has 0 aromatic carbocycles. The standard InChI is InChI=1S/C10H16O2/c1-9(11)12-8-4-7-10-5-2-3-6-10/h4,7,10H,2-3,5-6,8H2,1H3/b7-4+. The Hall–Kier alpha value is -0.790. The maximum Gasteiger partial charge on any atom is 0.302 e. The van der Waals surface area contributed by atoms with E-state index in [2.05, 4.69) is 6.08 Å². The van der Waals surface area contributed by atoms with Gasteiger partial charge in [0.15, 0.2) is 0 Å². The summed E-state index contributed by atoms with van der Waals surface area (Å²) in [5.74, 6) is 0.534. The van der Waals surface area contributed by atoms with Gasteiger partial charge in [-0.2, -0.15) is 0 Å². The maximum absolute atomic E-state index is 10.4. The molecule has 1 aliphatic carbocycles. The molecule has 0 aliphatic heterocycles. The van der Waals surface area contributed by atoms with E-state index in [0.29, 0.717) is 6.61 Å². The van der Waals surface area contributed by atoms with Crippen LogP contribution in [0.2, 0.25) is 0 Å². The first kappa shape index (κ1) is 9.30. The lowest BCUT2D eigenvalue weighted by atomic mass is 10.1. The van der Waals surface area contributed by atoms with Gasteiger partial charge >= 0.3 is 5.97 Å². The molecule has 68 valence electrons. The molecule has 0 radical (unpaired) electrons. The molecule has 0 spiro atoms. The molecule has 0 N–H and O–H groups in total. The van der Waals surface area contributed by atoms with Gasteiger partial charge in [0.25, 0.3) is 0 Å². The van der Waals surface area contributed by atoms with Crippen LogP contribution in [0.25, 0.3) is 0 Å². The number of carbonyl (C=O) groups is 1. The molecule has 1 fully saturated rings. The van der Waals surface area contributed by atoms with Crippen molar-refractivity contribution in [2.75, 3.05) is 6.61 Å². The summed E-state index contributed by atoms with van der Waals surface area (Å²) in [6.07, 6.45) is 9.44. The van der Waals surface area contributed by atoms with Crippen LogP contribution in [-0.2, 0) is 9.53 Å². The summed E-state index contributed by atoms with van der Waals surface area (Å²) in [6.45, 7) is 1.87. The molecule has 0 aromatic rings. The Labute approximate surface area is 73.6 Å². The van der Waals surface area contributed by atoms with Crippen molar-refractivity contribution in [1.29, 1.82) is 0 Å². The first-order chi connectivity index (χ1) is 5.79. The third-order valence-corrected chi connectivity index (χ3v) is 2.19. The van der Waals surface area contributed by atoms with Gasteiger partial charge in [0.1, 0.15) is 6.61 Å². The second-order valence-electron chi connectivity index (χ2n) is 3.28. The minimum atomic E-state index is -0.203. The lowest BCUT2D eigenvalue weighted by molar-refractivity contribution is -0.139. The van der Waals surface area contributed by atoms with E-state index >= 15 is 0 Å². The molecule has 0 heterocycles. The van der Waals surface area contributed by atoms with E-state index < -0.39 is 0 Å². The van der Waals surface area contributed by atoms with Crippen LogP contribution < -0.4 is 0 Å². The molecule has 2 heteroatoms. The fraction of sp³-hybridized carbons (Fsp3) is 0.700. The summed E-state index contributed by atoms with van der Waals surface area (Å²) in [7, 11) is 0. The summed E-state index contributed by atoms with van der Waals surface area (Å²) < 4.78 is 4.78. The molecule has 0 amide bonds. The lowest BCUT2D eigenvalue weighted by Crippen LogP contribution is -1.98. The molecule has 0 bridgehead atoms. The van der Waals surface area contributed by atoms with Crippen molar-refractivity contribution in [1.82, 2.24) is 0 Å². The quantitative estimate of drug-likeness (QED) is 0.477. The summed E-state index contributed by atoms with van der Waals surface area (Å²) in [5.41, 5.74) is 0. The maximum atomic E-state index is 10.4. The number of allylic oxidation sites excluding steroid dienone is 1. The molecule has 0 saturated heterocycles. The Morgan fingerprint density at radius 1 is 1.50 bits per heavy atom. The summed E-state index contributed by atoms with van der Waals surface area (Å²) in [4.78, 5) is 10.4. The van der Waals surface area contributed by atoms with Gasteiger partial charge in [0.05, 0.1) is 0 Å². The van der Waals surface area contributed by atoms with Crippen LogP contribution in [0.1, 0.15) is 32.6 Å². The van der Waals surface area contributed by atoms with Gasteiger partial charge in [0.2, 0.25) is 0 Å². The Bertz CT molecular complexity index is 167. The summed E-state index contributed by atoms with van der Waals surface area (Å²) in [6, 6.07) is 0. The van der Waals surface area contributed by atoms with Crippen LogP contribution in [0.5, 0.6) is 0 Å². The zero-order chi connectivity index (χ0) is 8.81. The van der Waals surface area contributed by atoms with Crippen LogP contribution in [0.4, 0.5) is 0 Å². The first-order valence-corrected chi connectivity index (χ1v) is 4.59. The average Bonchev–Trinajstić information content (AvgIpc) is 2.49. The molecule has 12 heavy (non-hydrogen) atoms. The SMILES string of the molecule is CC(=O)OC/C=C/C1CCCC1. The molecular weight excluding hydrogens is 152 g/mol. The van der Waals surface area contributed by atoms with Crippen LogP contribution in [0.3, 0.4) is 0 Å². The highest BCUT2D eigenvalue weighted by Crippen LogP contribution is 2.25. The molecule has 2 nitrogen and oxygen atoms in total. The number of ether oxygens (including phenoxy) is 1. The van der Waals surface area contributed by atoms with Crippen LogP contribution >= 0.6 is 0 Å². The largest absolute Gasteiger partial charge is 0.462 e. The molecule has 0 unspecified atom stereocenters. The molecule has 0 aromatic heterocycles. The van der Waals surface area contributed by atoms with Gasteiger partial charge < -0.3 is 4.74 Å². The normalized spacial score (nSPS) is 18.8. The number of esters is 1. The van der Waals surface area contributed by atoms with Gasteiger partial charge in [-0.05, 0) is 18.8 Å². The highest BCUT2D eigenvalue weighted by atomic mass is 16.5. The van der Waals surface area contributed by atoms with Crippen molar-refractivity contribution in [3.8, 4) is 0 Å². The van der Waals surface area contributed by atoms with E-state index in [0.717, 1.165) is 5.92 Å². The van der Waals surface area contributed by atoms with Gasteiger partial charge in [-0.25, -0.2) is 0 Å². The fourth-order valence-electron chi connectivity index (χ4n) is 1.56. The van der Waals surface area contributed by atoms with Crippen LogP contribution in [0.15, 0.2) is 12.2 Å². The Morgan fingerprint density at radius 2 is 2.17 bits per heavy atom. The molecule has 0 atom stereocenters. The third-order valence-electron chi connectivity index (χ3n) is 2.19. The predicted octanol–water partition coefficient (Wildman–Crippen LogP) is 2.30. The Kier molecular flexibility index (Phi) is 3.85.